The molecule has 2 unspecified atom stereocenters. The summed E-state index contributed by atoms with van der Waals surface area (Å²) in [5.74, 6) is -0.814. The first-order chi connectivity index (χ1) is 12.4. The average molecular weight is 384 g/mol. The minimum Gasteiger partial charge on any atom is -0.465 e. The summed E-state index contributed by atoms with van der Waals surface area (Å²) in [6.45, 7) is 6.09. The van der Waals surface area contributed by atoms with E-state index < -0.39 is 40.5 Å². The first-order valence-corrected chi connectivity index (χ1v) is 8.07. The minimum atomic E-state index is -1.59. The predicted octanol–water partition coefficient (Wildman–Crippen LogP) is 1.61. The maximum Gasteiger partial charge on any atom is 0.407 e. The zero-order chi connectivity index (χ0) is 20.9. The van der Waals surface area contributed by atoms with Crippen LogP contribution >= 0.6 is 0 Å². The molecule has 1 aromatic carbocycles. The molecule has 0 aliphatic carbocycles. The number of benzene rings is 1. The predicted molar refractivity (Wildman–Crippen MR) is 94.4 cm³/mol. The van der Waals surface area contributed by atoms with E-state index in [1.165, 1.54) is 6.92 Å². The third-order valence-corrected chi connectivity index (χ3v) is 3.59. The molecule has 0 saturated heterocycles. The molecule has 10 heteroatoms. The number of hydrogen-bond acceptors (Lipinski definition) is 8. The fourth-order valence-corrected chi connectivity index (χ4v) is 2.28. The summed E-state index contributed by atoms with van der Waals surface area (Å²) < 4.78 is 9.61. The lowest BCUT2D eigenvalue weighted by Gasteiger charge is -2.23. The van der Waals surface area contributed by atoms with E-state index in [0.29, 0.717) is 0 Å². The highest BCUT2D eigenvalue weighted by atomic mass is 16.6. The number of aliphatic hydroxyl groups is 2. The zero-order valence-electron chi connectivity index (χ0n) is 15.8. The highest BCUT2D eigenvalue weighted by Crippen LogP contribution is 2.29. The molecule has 0 aromatic heterocycles. The Bertz CT molecular complexity index is 726. The van der Waals surface area contributed by atoms with E-state index in [1.807, 2.05) is 0 Å². The van der Waals surface area contributed by atoms with Crippen molar-refractivity contribution in [3.8, 4) is 0 Å². The number of hydrogen-bond donors (Lipinski definition) is 3. The zero-order valence-corrected chi connectivity index (χ0v) is 15.8. The summed E-state index contributed by atoms with van der Waals surface area (Å²) in [5.41, 5.74) is -1.09. The van der Waals surface area contributed by atoms with Crippen molar-refractivity contribution in [2.75, 3.05) is 13.7 Å². The van der Waals surface area contributed by atoms with Gasteiger partial charge in [-0.2, -0.15) is 0 Å². The van der Waals surface area contributed by atoms with Crippen molar-refractivity contribution in [1.29, 1.82) is 0 Å². The second kappa shape index (κ2) is 8.78. The first kappa shape index (κ1) is 22.3. The van der Waals surface area contributed by atoms with Gasteiger partial charge in [-0.25, -0.2) is 9.59 Å². The molecule has 27 heavy (non-hydrogen) atoms. The molecule has 10 nitrogen and oxygen atoms in total. The van der Waals surface area contributed by atoms with Gasteiger partial charge in [0.15, 0.2) is 0 Å². The lowest BCUT2D eigenvalue weighted by atomic mass is 9.94. The minimum absolute atomic E-state index is 0.0249. The van der Waals surface area contributed by atoms with Crippen molar-refractivity contribution in [3.05, 3.63) is 38.9 Å². The molecule has 2 atom stereocenters. The van der Waals surface area contributed by atoms with Crippen LogP contribution in [0.3, 0.4) is 0 Å². The normalized spacial score (nSPS) is 13.4. The maximum atomic E-state index is 11.8. The molecular formula is C17H24N2O8. The number of nitro benzene ring substituents is 1. The Hall–Kier alpha value is -2.72. The summed E-state index contributed by atoms with van der Waals surface area (Å²) >= 11 is 0. The third-order valence-electron chi connectivity index (χ3n) is 3.59. The van der Waals surface area contributed by atoms with Crippen molar-refractivity contribution < 1.29 is 34.2 Å². The van der Waals surface area contributed by atoms with Crippen LogP contribution < -0.4 is 5.32 Å². The van der Waals surface area contributed by atoms with E-state index in [1.54, 1.807) is 20.8 Å². The fourth-order valence-electron chi connectivity index (χ4n) is 2.28. The van der Waals surface area contributed by atoms with E-state index in [9.17, 15) is 29.9 Å². The highest BCUT2D eigenvalue weighted by molar-refractivity contribution is 5.92. The summed E-state index contributed by atoms with van der Waals surface area (Å²) in [4.78, 5) is 33.9. The highest BCUT2D eigenvalue weighted by Gasteiger charge is 2.27. The van der Waals surface area contributed by atoms with Crippen LogP contribution in [-0.2, 0) is 9.47 Å². The van der Waals surface area contributed by atoms with Crippen LogP contribution in [-0.4, -0.2) is 52.6 Å². The Labute approximate surface area is 156 Å². The van der Waals surface area contributed by atoms with Crippen LogP contribution in [0.15, 0.2) is 12.1 Å². The van der Waals surface area contributed by atoms with Gasteiger partial charge in [0.2, 0.25) is 0 Å². The van der Waals surface area contributed by atoms with Crippen molar-refractivity contribution in [2.24, 2.45) is 0 Å². The van der Waals surface area contributed by atoms with Gasteiger partial charge in [0.05, 0.1) is 17.6 Å². The van der Waals surface area contributed by atoms with E-state index in [0.717, 1.165) is 19.2 Å². The molecule has 0 aliphatic rings. The Morgan fingerprint density at radius 1 is 1.30 bits per heavy atom. The van der Waals surface area contributed by atoms with Gasteiger partial charge in [-0.15, -0.1) is 0 Å². The topological polar surface area (TPSA) is 148 Å². The van der Waals surface area contributed by atoms with Crippen LogP contribution in [0.1, 0.15) is 48.4 Å². The SMILES string of the molecule is COC(=O)c1cc([N+](=O)[O-])cc(C(O)C(O)CNC(=O)OC(C)(C)C)c1C. The molecule has 1 rings (SSSR count). The molecule has 0 fully saturated rings. The Morgan fingerprint density at radius 3 is 2.37 bits per heavy atom. The average Bonchev–Trinajstić information content (AvgIpc) is 2.56. The van der Waals surface area contributed by atoms with Crippen molar-refractivity contribution in [1.82, 2.24) is 5.32 Å². The molecule has 0 saturated carbocycles. The molecule has 0 bridgehead atoms. The van der Waals surface area contributed by atoms with Crippen molar-refractivity contribution in [2.45, 2.75) is 45.5 Å². The summed E-state index contributed by atoms with van der Waals surface area (Å²) in [6.07, 6.45) is -3.88. The molecular weight excluding hydrogens is 360 g/mol. The molecule has 0 aliphatic heterocycles. The lowest BCUT2D eigenvalue weighted by Crippen LogP contribution is -2.39. The number of rotatable bonds is 6. The van der Waals surface area contributed by atoms with E-state index >= 15 is 0 Å². The van der Waals surface area contributed by atoms with Crippen molar-refractivity contribution >= 4 is 17.7 Å². The number of nitro groups is 1. The fraction of sp³-hybridized carbons (Fsp3) is 0.529. The van der Waals surface area contributed by atoms with Crippen LogP contribution in [0.4, 0.5) is 10.5 Å². The van der Waals surface area contributed by atoms with Gasteiger partial charge in [0.1, 0.15) is 17.8 Å². The maximum absolute atomic E-state index is 11.8. The molecule has 3 N–H and O–H groups in total. The molecule has 1 aromatic rings. The Morgan fingerprint density at radius 2 is 1.89 bits per heavy atom. The van der Waals surface area contributed by atoms with Crippen LogP contribution in [0.5, 0.6) is 0 Å². The second-order valence-electron chi connectivity index (χ2n) is 6.85. The summed E-state index contributed by atoms with van der Waals surface area (Å²) in [5, 5.41) is 33.9. The van der Waals surface area contributed by atoms with Crippen LogP contribution in [0.25, 0.3) is 0 Å². The number of methoxy groups -OCH3 is 1. The number of ether oxygens (including phenoxy) is 2. The van der Waals surface area contributed by atoms with Crippen molar-refractivity contribution in [3.63, 3.8) is 0 Å². The van der Waals surface area contributed by atoms with Crippen LogP contribution in [0, 0.1) is 17.0 Å². The molecule has 1 amide bonds. The quantitative estimate of drug-likeness (QED) is 0.380. The van der Waals surface area contributed by atoms with E-state index in [4.69, 9.17) is 4.74 Å². The number of aliphatic hydroxyl groups excluding tert-OH is 2. The smallest absolute Gasteiger partial charge is 0.407 e. The summed E-state index contributed by atoms with van der Waals surface area (Å²) in [6, 6.07) is 2.09. The monoisotopic (exact) mass is 384 g/mol. The van der Waals surface area contributed by atoms with Gasteiger partial charge in [-0.3, -0.25) is 10.1 Å². The Balaban J connectivity index is 3.05. The number of nitrogens with one attached hydrogen (secondary N) is 1. The lowest BCUT2D eigenvalue weighted by molar-refractivity contribution is -0.385. The van der Waals surface area contributed by atoms with Gasteiger partial charge in [0.25, 0.3) is 5.69 Å². The van der Waals surface area contributed by atoms with Gasteiger partial charge in [-0.1, -0.05) is 0 Å². The third kappa shape index (κ3) is 6.19. The van der Waals surface area contributed by atoms with Gasteiger partial charge < -0.3 is 25.0 Å². The number of non-ortho nitro benzene ring substituents is 1. The first-order valence-electron chi connectivity index (χ1n) is 8.07. The number of amides is 1. The Kier molecular flexibility index (Phi) is 7.26. The molecule has 0 radical (unpaired) electrons. The summed E-state index contributed by atoms with van der Waals surface area (Å²) in [7, 11) is 1.12. The largest absolute Gasteiger partial charge is 0.465 e. The van der Waals surface area contributed by atoms with Gasteiger partial charge in [0, 0.05) is 18.7 Å². The molecule has 0 spiro atoms. The number of carbonyl (C=O) groups is 2. The second-order valence-corrected chi connectivity index (χ2v) is 6.85. The van der Waals surface area contributed by atoms with Gasteiger partial charge >= 0.3 is 12.1 Å². The number of nitrogens with zero attached hydrogens (tertiary/aromatic N) is 1. The standard InChI is InChI=1S/C17H24N2O8/c1-9-11(6-10(19(24)25)7-12(9)15(22)26-5)14(21)13(20)8-18-16(23)27-17(2,3)4/h6-7,13-14,20-21H,8H2,1-5H3,(H,18,23). The van der Waals surface area contributed by atoms with Crippen LogP contribution in [0.2, 0.25) is 0 Å². The molecule has 150 valence electrons. The number of alkyl carbamates (subject to hydrolysis) is 1. The molecule has 0 heterocycles. The van der Waals surface area contributed by atoms with Gasteiger partial charge in [-0.05, 0) is 38.8 Å². The van der Waals surface area contributed by atoms with E-state index in [-0.39, 0.29) is 23.2 Å². The number of carbonyl (C=O) groups excluding carboxylic acids is 2. The van der Waals surface area contributed by atoms with E-state index in [2.05, 4.69) is 10.1 Å². The number of esters is 1.